The molecule has 0 aromatic heterocycles. The molecule has 124 valence electrons. The van der Waals surface area contributed by atoms with Crippen molar-refractivity contribution in [2.75, 3.05) is 0 Å². The van der Waals surface area contributed by atoms with Gasteiger partial charge in [0.15, 0.2) is 0 Å². The lowest BCUT2D eigenvalue weighted by molar-refractivity contribution is -0.121. The lowest BCUT2D eigenvalue weighted by Gasteiger charge is -2.16. The molecule has 0 saturated heterocycles. The maximum absolute atomic E-state index is 12.9. The van der Waals surface area contributed by atoms with Crippen molar-refractivity contribution in [2.45, 2.75) is 12.8 Å². The van der Waals surface area contributed by atoms with Gasteiger partial charge in [-0.05, 0) is 23.6 Å². The quantitative estimate of drug-likeness (QED) is 0.549. The van der Waals surface area contributed by atoms with E-state index >= 15 is 0 Å². The van der Waals surface area contributed by atoms with E-state index in [0.29, 0.717) is 0 Å². The van der Waals surface area contributed by atoms with E-state index in [0.717, 1.165) is 22.4 Å². The van der Waals surface area contributed by atoms with Crippen LogP contribution in [0.3, 0.4) is 0 Å². The standard InChI is InChI=1S/C22H20N2O/c1-17(18-11-5-2-6-12-18)23-24-22(25)21(19-13-7-3-8-14-19)20-15-9-4-10-16-20/h2-16,21H,1H3,(H,24,25)/b23-17+. The van der Waals surface area contributed by atoms with Gasteiger partial charge < -0.3 is 0 Å². The fourth-order valence-electron chi connectivity index (χ4n) is 2.73. The first-order chi connectivity index (χ1) is 12.3. The molecule has 3 rings (SSSR count). The molecule has 3 aromatic carbocycles. The lowest BCUT2D eigenvalue weighted by atomic mass is 9.91. The van der Waals surface area contributed by atoms with Crippen molar-refractivity contribution in [2.24, 2.45) is 5.10 Å². The van der Waals surface area contributed by atoms with E-state index < -0.39 is 5.92 Å². The number of nitrogens with zero attached hydrogens (tertiary/aromatic N) is 1. The highest BCUT2D eigenvalue weighted by molar-refractivity contribution is 5.99. The summed E-state index contributed by atoms with van der Waals surface area (Å²) in [7, 11) is 0. The Hall–Kier alpha value is -3.20. The minimum atomic E-state index is -0.394. The number of amides is 1. The summed E-state index contributed by atoms with van der Waals surface area (Å²) in [4.78, 5) is 12.9. The third-order valence-electron chi connectivity index (χ3n) is 4.05. The number of nitrogens with one attached hydrogen (secondary N) is 1. The molecule has 1 N–H and O–H groups in total. The average Bonchev–Trinajstić information content (AvgIpc) is 2.69. The van der Waals surface area contributed by atoms with Crippen molar-refractivity contribution >= 4 is 11.6 Å². The zero-order valence-corrected chi connectivity index (χ0v) is 14.1. The second-order valence-corrected chi connectivity index (χ2v) is 5.79. The van der Waals surface area contributed by atoms with Crippen LogP contribution in [0.15, 0.2) is 96.1 Å². The van der Waals surface area contributed by atoms with Crippen LogP contribution in [0, 0.1) is 0 Å². The molecular formula is C22H20N2O. The van der Waals surface area contributed by atoms with E-state index in [9.17, 15) is 4.79 Å². The number of carbonyl (C=O) groups is 1. The third kappa shape index (κ3) is 4.21. The molecule has 3 nitrogen and oxygen atoms in total. The van der Waals surface area contributed by atoms with Crippen LogP contribution in [0.1, 0.15) is 29.5 Å². The Balaban J connectivity index is 1.85. The summed E-state index contributed by atoms with van der Waals surface area (Å²) in [6, 6.07) is 29.3. The summed E-state index contributed by atoms with van der Waals surface area (Å²) >= 11 is 0. The van der Waals surface area contributed by atoms with Gasteiger partial charge in [0.2, 0.25) is 0 Å². The number of hydrogen-bond acceptors (Lipinski definition) is 2. The first-order valence-corrected chi connectivity index (χ1v) is 8.25. The zero-order valence-electron chi connectivity index (χ0n) is 14.1. The van der Waals surface area contributed by atoms with Gasteiger partial charge in [-0.15, -0.1) is 0 Å². The average molecular weight is 328 g/mol. The predicted molar refractivity (Wildman–Crippen MR) is 102 cm³/mol. The number of hydrogen-bond donors (Lipinski definition) is 1. The van der Waals surface area contributed by atoms with Crippen LogP contribution in [0.4, 0.5) is 0 Å². The van der Waals surface area contributed by atoms with Gasteiger partial charge in [-0.2, -0.15) is 5.10 Å². The van der Waals surface area contributed by atoms with E-state index in [1.165, 1.54) is 0 Å². The summed E-state index contributed by atoms with van der Waals surface area (Å²) in [5.74, 6) is -0.539. The minimum Gasteiger partial charge on any atom is -0.272 e. The normalized spacial score (nSPS) is 11.4. The lowest BCUT2D eigenvalue weighted by Crippen LogP contribution is -2.27. The van der Waals surface area contributed by atoms with Crippen LogP contribution in [0.2, 0.25) is 0 Å². The van der Waals surface area contributed by atoms with Crippen molar-refractivity contribution in [3.8, 4) is 0 Å². The Kier molecular flexibility index (Phi) is 5.37. The summed E-state index contributed by atoms with van der Waals surface area (Å²) < 4.78 is 0. The summed E-state index contributed by atoms with van der Waals surface area (Å²) in [5.41, 5.74) is 6.37. The van der Waals surface area contributed by atoms with Crippen LogP contribution in [-0.4, -0.2) is 11.6 Å². The van der Waals surface area contributed by atoms with Crippen LogP contribution < -0.4 is 5.43 Å². The van der Waals surface area contributed by atoms with Crippen LogP contribution in [0.5, 0.6) is 0 Å². The molecule has 3 aromatic rings. The van der Waals surface area contributed by atoms with Gasteiger partial charge in [0, 0.05) is 0 Å². The topological polar surface area (TPSA) is 41.5 Å². The van der Waals surface area contributed by atoms with Crippen molar-refractivity contribution < 1.29 is 4.79 Å². The zero-order chi connectivity index (χ0) is 17.5. The Morgan fingerprint density at radius 3 is 1.68 bits per heavy atom. The molecule has 0 fully saturated rings. The van der Waals surface area contributed by atoms with Crippen molar-refractivity contribution in [3.63, 3.8) is 0 Å². The summed E-state index contributed by atoms with van der Waals surface area (Å²) in [6.07, 6.45) is 0. The van der Waals surface area contributed by atoms with E-state index in [4.69, 9.17) is 0 Å². The van der Waals surface area contributed by atoms with E-state index in [2.05, 4.69) is 10.5 Å². The van der Waals surface area contributed by atoms with Gasteiger partial charge in [0.1, 0.15) is 0 Å². The van der Waals surface area contributed by atoms with E-state index in [1.807, 2.05) is 97.9 Å². The Morgan fingerprint density at radius 1 is 0.760 bits per heavy atom. The largest absolute Gasteiger partial charge is 0.272 e. The van der Waals surface area contributed by atoms with Gasteiger partial charge in [-0.25, -0.2) is 5.43 Å². The Bertz CT molecular complexity index is 803. The molecule has 0 radical (unpaired) electrons. The second-order valence-electron chi connectivity index (χ2n) is 5.79. The number of rotatable bonds is 5. The first-order valence-electron chi connectivity index (χ1n) is 8.25. The monoisotopic (exact) mass is 328 g/mol. The van der Waals surface area contributed by atoms with Gasteiger partial charge in [-0.1, -0.05) is 91.0 Å². The molecule has 1 amide bonds. The minimum absolute atomic E-state index is 0.146. The Morgan fingerprint density at radius 2 is 1.20 bits per heavy atom. The smallest absolute Gasteiger partial charge is 0.252 e. The molecule has 0 unspecified atom stereocenters. The van der Waals surface area contributed by atoms with Gasteiger partial charge >= 0.3 is 0 Å². The maximum atomic E-state index is 12.9. The first kappa shape index (κ1) is 16.7. The molecule has 0 bridgehead atoms. The maximum Gasteiger partial charge on any atom is 0.252 e. The summed E-state index contributed by atoms with van der Waals surface area (Å²) in [6.45, 7) is 1.88. The number of hydrazone groups is 1. The molecule has 0 heterocycles. The van der Waals surface area contributed by atoms with Crippen molar-refractivity contribution in [3.05, 3.63) is 108 Å². The molecule has 0 aliphatic rings. The van der Waals surface area contributed by atoms with E-state index in [-0.39, 0.29) is 5.91 Å². The van der Waals surface area contributed by atoms with Gasteiger partial charge in [0.05, 0.1) is 11.6 Å². The van der Waals surface area contributed by atoms with Crippen LogP contribution >= 0.6 is 0 Å². The van der Waals surface area contributed by atoms with Gasteiger partial charge in [0.25, 0.3) is 5.91 Å². The van der Waals surface area contributed by atoms with Crippen molar-refractivity contribution in [1.82, 2.24) is 5.43 Å². The fourth-order valence-corrected chi connectivity index (χ4v) is 2.73. The third-order valence-corrected chi connectivity index (χ3v) is 4.05. The molecular weight excluding hydrogens is 308 g/mol. The summed E-state index contributed by atoms with van der Waals surface area (Å²) in [5, 5.41) is 4.28. The van der Waals surface area contributed by atoms with E-state index in [1.54, 1.807) is 0 Å². The number of carbonyl (C=O) groups excluding carboxylic acids is 1. The Labute approximate surface area is 148 Å². The fraction of sp³-hybridized carbons (Fsp3) is 0.0909. The molecule has 0 aliphatic carbocycles. The molecule has 0 saturated carbocycles. The van der Waals surface area contributed by atoms with Crippen LogP contribution in [-0.2, 0) is 4.79 Å². The molecule has 0 aliphatic heterocycles. The molecule has 3 heteroatoms. The second kappa shape index (κ2) is 8.06. The van der Waals surface area contributed by atoms with Crippen LogP contribution in [0.25, 0.3) is 0 Å². The molecule has 0 spiro atoms. The van der Waals surface area contributed by atoms with Gasteiger partial charge in [-0.3, -0.25) is 4.79 Å². The highest BCUT2D eigenvalue weighted by Crippen LogP contribution is 2.24. The number of benzene rings is 3. The predicted octanol–water partition coefficient (Wildman–Crippen LogP) is 4.36. The van der Waals surface area contributed by atoms with Crippen molar-refractivity contribution in [1.29, 1.82) is 0 Å². The SMILES string of the molecule is C/C(=N\NC(=O)C(c1ccccc1)c1ccccc1)c1ccccc1. The highest BCUT2D eigenvalue weighted by atomic mass is 16.2. The molecule has 25 heavy (non-hydrogen) atoms. The highest BCUT2D eigenvalue weighted by Gasteiger charge is 2.22. The molecule has 0 atom stereocenters.